The number of hydrogen-bond donors (Lipinski definition) is 2. The molecular weight excluding hydrogens is 242 g/mol. The number of carbonyl (C=O) groups is 1. The smallest absolute Gasteiger partial charge is 0.221 e. The average Bonchev–Trinajstić information content (AvgIpc) is 2.38. The monoisotopic (exact) mass is 269 g/mol. The van der Waals surface area contributed by atoms with Gasteiger partial charge < -0.3 is 15.4 Å². The van der Waals surface area contributed by atoms with Crippen LogP contribution in [-0.2, 0) is 9.53 Å². The lowest BCUT2D eigenvalue weighted by molar-refractivity contribution is -0.121. The third kappa shape index (κ3) is 11.7. The van der Waals surface area contributed by atoms with E-state index in [1.165, 1.54) is 0 Å². The molecule has 0 aromatic carbocycles. The third-order valence-electron chi connectivity index (χ3n) is 2.87. The summed E-state index contributed by atoms with van der Waals surface area (Å²) in [5, 5.41) is 14.9. The number of nitriles is 1. The van der Waals surface area contributed by atoms with E-state index >= 15 is 0 Å². The van der Waals surface area contributed by atoms with E-state index in [9.17, 15) is 4.79 Å². The zero-order valence-electron chi connectivity index (χ0n) is 12.4. The van der Waals surface area contributed by atoms with Gasteiger partial charge in [-0.05, 0) is 33.2 Å². The second kappa shape index (κ2) is 10.8. The van der Waals surface area contributed by atoms with E-state index in [2.05, 4.69) is 16.7 Å². The van der Waals surface area contributed by atoms with Gasteiger partial charge in [0.25, 0.3) is 0 Å². The Morgan fingerprint density at radius 2 is 2.00 bits per heavy atom. The van der Waals surface area contributed by atoms with Crippen LogP contribution in [0.25, 0.3) is 0 Å². The second-order valence-electron chi connectivity index (χ2n) is 5.30. The van der Waals surface area contributed by atoms with Crippen LogP contribution in [0.4, 0.5) is 0 Å². The summed E-state index contributed by atoms with van der Waals surface area (Å²) in [6, 6.07) is 2.30. The van der Waals surface area contributed by atoms with Crippen molar-refractivity contribution in [2.24, 2.45) is 5.41 Å². The lowest BCUT2D eigenvalue weighted by Crippen LogP contribution is -2.30. The Morgan fingerprint density at radius 3 is 2.63 bits per heavy atom. The van der Waals surface area contributed by atoms with Crippen molar-refractivity contribution in [2.45, 2.75) is 39.5 Å². The Morgan fingerprint density at radius 1 is 1.26 bits per heavy atom. The quantitative estimate of drug-likeness (QED) is 0.557. The molecule has 0 fully saturated rings. The minimum atomic E-state index is -0.221. The van der Waals surface area contributed by atoms with Gasteiger partial charge in [0.2, 0.25) is 5.91 Å². The Bertz CT molecular complexity index is 285. The normalized spacial score (nSPS) is 11.1. The van der Waals surface area contributed by atoms with Crippen LogP contribution >= 0.6 is 0 Å². The van der Waals surface area contributed by atoms with Crippen molar-refractivity contribution in [3.63, 3.8) is 0 Å². The maximum atomic E-state index is 11.3. The van der Waals surface area contributed by atoms with Crippen LogP contribution in [0.1, 0.15) is 39.5 Å². The summed E-state index contributed by atoms with van der Waals surface area (Å²) in [5.41, 5.74) is -0.221. The first kappa shape index (κ1) is 17.9. The number of rotatable bonds is 11. The van der Waals surface area contributed by atoms with Crippen molar-refractivity contribution < 1.29 is 9.53 Å². The number of amides is 1. The van der Waals surface area contributed by atoms with E-state index in [-0.39, 0.29) is 11.3 Å². The van der Waals surface area contributed by atoms with Gasteiger partial charge >= 0.3 is 0 Å². The maximum Gasteiger partial charge on any atom is 0.221 e. The van der Waals surface area contributed by atoms with Crippen molar-refractivity contribution >= 4 is 5.91 Å². The molecule has 2 N–H and O–H groups in total. The summed E-state index contributed by atoms with van der Waals surface area (Å²) < 4.78 is 4.85. The standard InChI is InChI=1S/C14H27N3O2/c1-14(2,12-15)7-4-5-8-16-9-6-13(18)17-10-11-19-3/h16H,4-11H2,1-3H3,(H,17,18). The minimum absolute atomic E-state index is 0.0511. The first-order valence-corrected chi connectivity index (χ1v) is 6.89. The molecule has 0 aliphatic rings. The van der Waals surface area contributed by atoms with Crippen LogP contribution in [0, 0.1) is 16.7 Å². The van der Waals surface area contributed by atoms with E-state index < -0.39 is 0 Å². The fourth-order valence-corrected chi connectivity index (χ4v) is 1.58. The number of nitrogens with zero attached hydrogens (tertiary/aromatic N) is 1. The molecule has 0 atom stereocenters. The largest absolute Gasteiger partial charge is 0.383 e. The number of ether oxygens (including phenoxy) is 1. The maximum absolute atomic E-state index is 11.3. The van der Waals surface area contributed by atoms with Gasteiger partial charge in [0.05, 0.1) is 18.1 Å². The molecule has 0 unspecified atom stereocenters. The van der Waals surface area contributed by atoms with E-state index in [0.717, 1.165) is 25.8 Å². The molecule has 0 bridgehead atoms. The molecule has 0 aromatic heterocycles. The Hall–Kier alpha value is -1.12. The van der Waals surface area contributed by atoms with E-state index in [0.29, 0.717) is 26.1 Å². The summed E-state index contributed by atoms with van der Waals surface area (Å²) in [7, 11) is 1.61. The molecule has 0 radical (unpaired) electrons. The SMILES string of the molecule is COCCNC(=O)CCNCCCCC(C)(C)C#N. The van der Waals surface area contributed by atoms with E-state index in [1.807, 2.05) is 13.8 Å². The molecule has 0 heterocycles. The number of unbranched alkanes of at least 4 members (excludes halogenated alkanes) is 1. The van der Waals surface area contributed by atoms with Gasteiger partial charge in [-0.25, -0.2) is 0 Å². The highest BCUT2D eigenvalue weighted by molar-refractivity contribution is 5.75. The van der Waals surface area contributed by atoms with Crippen LogP contribution in [-0.4, -0.2) is 39.3 Å². The lowest BCUT2D eigenvalue weighted by Gasteiger charge is -2.14. The third-order valence-corrected chi connectivity index (χ3v) is 2.87. The van der Waals surface area contributed by atoms with Crippen molar-refractivity contribution in [3.05, 3.63) is 0 Å². The molecule has 0 rings (SSSR count). The number of nitrogens with one attached hydrogen (secondary N) is 2. The van der Waals surface area contributed by atoms with Gasteiger partial charge in [0, 0.05) is 26.6 Å². The fourth-order valence-electron chi connectivity index (χ4n) is 1.58. The van der Waals surface area contributed by atoms with Crippen LogP contribution in [0.5, 0.6) is 0 Å². The Labute approximate surface area is 116 Å². The Kier molecular flexibility index (Phi) is 10.1. The van der Waals surface area contributed by atoms with Crippen molar-refractivity contribution in [3.8, 4) is 6.07 Å². The first-order valence-electron chi connectivity index (χ1n) is 6.89. The molecule has 0 spiro atoms. The predicted molar refractivity (Wildman–Crippen MR) is 75.6 cm³/mol. The summed E-state index contributed by atoms with van der Waals surface area (Å²) in [4.78, 5) is 11.3. The van der Waals surface area contributed by atoms with Gasteiger partial charge in [-0.1, -0.05) is 6.42 Å². The summed E-state index contributed by atoms with van der Waals surface area (Å²) >= 11 is 0. The molecule has 0 saturated heterocycles. The van der Waals surface area contributed by atoms with Gasteiger partial charge in [-0.2, -0.15) is 5.26 Å². The molecule has 110 valence electrons. The average molecular weight is 269 g/mol. The molecule has 5 heteroatoms. The van der Waals surface area contributed by atoms with Crippen LogP contribution < -0.4 is 10.6 Å². The van der Waals surface area contributed by atoms with Crippen LogP contribution in [0.15, 0.2) is 0 Å². The molecule has 0 aliphatic heterocycles. The van der Waals surface area contributed by atoms with Gasteiger partial charge in [-0.3, -0.25) is 4.79 Å². The lowest BCUT2D eigenvalue weighted by atomic mass is 9.89. The predicted octanol–water partition coefficient (Wildman–Crippen LogP) is 1.45. The summed E-state index contributed by atoms with van der Waals surface area (Å²) in [6.45, 7) is 6.63. The van der Waals surface area contributed by atoms with Gasteiger partial charge in [0.15, 0.2) is 0 Å². The zero-order valence-corrected chi connectivity index (χ0v) is 12.4. The Balaban J connectivity index is 3.32. The number of carbonyl (C=O) groups excluding carboxylic acids is 1. The van der Waals surface area contributed by atoms with Gasteiger partial charge in [0.1, 0.15) is 0 Å². The number of hydrogen-bond acceptors (Lipinski definition) is 4. The van der Waals surface area contributed by atoms with Gasteiger partial charge in [-0.15, -0.1) is 0 Å². The first-order chi connectivity index (χ1) is 9.02. The molecule has 5 nitrogen and oxygen atoms in total. The van der Waals surface area contributed by atoms with Crippen LogP contribution in [0.3, 0.4) is 0 Å². The molecule has 19 heavy (non-hydrogen) atoms. The summed E-state index contributed by atoms with van der Waals surface area (Å²) in [6.07, 6.45) is 3.49. The molecule has 0 saturated carbocycles. The highest BCUT2D eigenvalue weighted by Gasteiger charge is 2.15. The highest BCUT2D eigenvalue weighted by atomic mass is 16.5. The molecule has 0 aromatic rings. The molecule has 0 aliphatic carbocycles. The van der Waals surface area contributed by atoms with Crippen molar-refractivity contribution in [2.75, 3.05) is 33.4 Å². The topological polar surface area (TPSA) is 74.2 Å². The second-order valence-corrected chi connectivity index (χ2v) is 5.30. The van der Waals surface area contributed by atoms with E-state index in [4.69, 9.17) is 10.00 Å². The zero-order chi connectivity index (χ0) is 14.6. The fraction of sp³-hybridized carbons (Fsp3) is 0.857. The van der Waals surface area contributed by atoms with Crippen molar-refractivity contribution in [1.29, 1.82) is 5.26 Å². The minimum Gasteiger partial charge on any atom is -0.383 e. The molecular formula is C14H27N3O2. The number of methoxy groups -OCH3 is 1. The molecule has 1 amide bonds. The summed E-state index contributed by atoms with van der Waals surface area (Å²) in [5.74, 6) is 0.0511. The van der Waals surface area contributed by atoms with Crippen molar-refractivity contribution in [1.82, 2.24) is 10.6 Å². The van der Waals surface area contributed by atoms with E-state index in [1.54, 1.807) is 7.11 Å². The van der Waals surface area contributed by atoms with Crippen LogP contribution in [0.2, 0.25) is 0 Å². The highest BCUT2D eigenvalue weighted by Crippen LogP contribution is 2.21.